The summed E-state index contributed by atoms with van der Waals surface area (Å²) in [6.07, 6.45) is -0.320. The predicted molar refractivity (Wildman–Crippen MR) is 107 cm³/mol. The van der Waals surface area contributed by atoms with Gasteiger partial charge in [-0.3, -0.25) is 10.1 Å². The SMILES string of the molecule is CCOC(=O)Nc1nc(CC(=O)N2CCN(c3cccc(Cl)c3)CC2)cs1. The summed E-state index contributed by atoms with van der Waals surface area (Å²) in [6, 6.07) is 7.74. The summed E-state index contributed by atoms with van der Waals surface area (Å²) < 4.78 is 4.81. The molecule has 0 spiro atoms. The number of rotatable bonds is 5. The molecule has 0 bridgehead atoms. The van der Waals surface area contributed by atoms with E-state index in [1.165, 1.54) is 11.3 Å². The largest absolute Gasteiger partial charge is 0.450 e. The van der Waals surface area contributed by atoms with Crippen molar-refractivity contribution in [3.05, 3.63) is 40.4 Å². The Morgan fingerprint density at radius 3 is 2.78 bits per heavy atom. The lowest BCUT2D eigenvalue weighted by atomic mass is 10.2. The van der Waals surface area contributed by atoms with Crippen LogP contribution in [0.5, 0.6) is 0 Å². The maximum absolute atomic E-state index is 12.5. The fourth-order valence-corrected chi connectivity index (χ4v) is 3.73. The number of ether oxygens (including phenoxy) is 1. The maximum Gasteiger partial charge on any atom is 0.413 e. The van der Waals surface area contributed by atoms with Crippen LogP contribution >= 0.6 is 22.9 Å². The molecule has 0 saturated carbocycles. The molecule has 9 heteroatoms. The summed E-state index contributed by atoms with van der Waals surface area (Å²) in [7, 11) is 0. The second-order valence-corrected chi connectivity index (χ2v) is 7.31. The number of piperazine rings is 1. The van der Waals surface area contributed by atoms with Gasteiger partial charge >= 0.3 is 6.09 Å². The Morgan fingerprint density at radius 1 is 1.30 bits per heavy atom. The highest BCUT2D eigenvalue weighted by Gasteiger charge is 2.22. The molecule has 2 heterocycles. The number of hydrogen-bond acceptors (Lipinski definition) is 6. The van der Waals surface area contributed by atoms with Crippen molar-refractivity contribution in [1.29, 1.82) is 0 Å². The highest BCUT2D eigenvalue weighted by molar-refractivity contribution is 7.13. The van der Waals surface area contributed by atoms with Gasteiger partial charge in [-0.05, 0) is 25.1 Å². The molecule has 7 nitrogen and oxygen atoms in total. The summed E-state index contributed by atoms with van der Waals surface area (Å²) in [6.45, 7) is 4.87. The van der Waals surface area contributed by atoms with E-state index >= 15 is 0 Å². The van der Waals surface area contributed by atoms with Gasteiger partial charge in [-0.25, -0.2) is 9.78 Å². The van der Waals surface area contributed by atoms with E-state index in [1.807, 2.05) is 29.2 Å². The Kier molecular flexibility index (Phi) is 6.52. The molecule has 0 radical (unpaired) electrons. The van der Waals surface area contributed by atoms with Crippen LogP contribution in [0, 0.1) is 0 Å². The van der Waals surface area contributed by atoms with Gasteiger partial charge in [0.05, 0.1) is 18.7 Å². The molecular weight excluding hydrogens is 388 g/mol. The number of benzene rings is 1. The molecule has 1 N–H and O–H groups in total. The number of hydrogen-bond donors (Lipinski definition) is 1. The third-order valence-electron chi connectivity index (χ3n) is 4.17. The van der Waals surface area contributed by atoms with Crippen molar-refractivity contribution >= 4 is 45.8 Å². The Hall–Kier alpha value is -2.32. The molecule has 2 aromatic rings. The Labute approximate surface area is 166 Å². The molecule has 1 saturated heterocycles. The number of halogens is 1. The third-order valence-corrected chi connectivity index (χ3v) is 5.22. The zero-order chi connectivity index (χ0) is 19.2. The standard InChI is InChI=1S/C18H21ClN4O3S/c1-2-26-18(25)21-17-20-14(12-27-17)11-16(24)23-8-6-22(7-9-23)15-5-3-4-13(19)10-15/h3-5,10,12H,2,6-9,11H2,1H3,(H,20,21,25). The highest BCUT2D eigenvalue weighted by Crippen LogP contribution is 2.21. The summed E-state index contributed by atoms with van der Waals surface area (Å²) in [5.41, 5.74) is 1.72. The zero-order valence-corrected chi connectivity index (χ0v) is 16.6. The molecular formula is C18H21ClN4O3S. The van der Waals surface area contributed by atoms with Crippen molar-refractivity contribution in [2.75, 3.05) is 43.0 Å². The molecule has 1 fully saturated rings. The number of nitrogens with zero attached hydrogens (tertiary/aromatic N) is 3. The van der Waals surface area contributed by atoms with E-state index in [0.717, 1.165) is 18.8 Å². The van der Waals surface area contributed by atoms with Crippen LogP contribution in [0.4, 0.5) is 15.6 Å². The van der Waals surface area contributed by atoms with E-state index in [4.69, 9.17) is 16.3 Å². The second-order valence-electron chi connectivity index (χ2n) is 6.01. The van der Waals surface area contributed by atoms with Gasteiger partial charge in [0.15, 0.2) is 5.13 Å². The van der Waals surface area contributed by atoms with Crippen molar-refractivity contribution in [3.63, 3.8) is 0 Å². The summed E-state index contributed by atoms with van der Waals surface area (Å²) in [5, 5.41) is 5.47. The van der Waals surface area contributed by atoms with E-state index in [9.17, 15) is 9.59 Å². The van der Waals surface area contributed by atoms with Gasteiger partial charge in [0.25, 0.3) is 0 Å². The summed E-state index contributed by atoms with van der Waals surface area (Å²) >= 11 is 7.33. The summed E-state index contributed by atoms with van der Waals surface area (Å²) in [4.78, 5) is 32.3. The molecule has 1 aliphatic rings. The summed E-state index contributed by atoms with van der Waals surface area (Å²) in [5.74, 6) is 0.0359. The first kappa shape index (κ1) is 19.4. The van der Waals surface area contributed by atoms with E-state index in [0.29, 0.717) is 35.5 Å². The van der Waals surface area contributed by atoms with Crippen LogP contribution in [0.1, 0.15) is 12.6 Å². The number of aromatic nitrogens is 1. The number of thiazole rings is 1. The molecule has 3 rings (SSSR count). The zero-order valence-electron chi connectivity index (χ0n) is 15.0. The van der Waals surface area contributed by atoms with Crippen LogP contribution in [0.15, 0.2) is 29.6 Å². The molecule has 1 aromatic carbocycles. The maximum atomic E-state index is 12.5. The van der Waals surface area contributed by atoms with Crippen molar-refractivity contribution in [2.45, 2.75) is 13.3 Å². The fraction of sp³-hybridized carbons (Fsp3) is 0.389. The minimum Gasteiger partial charge on any atom is -0.450 e. The second kappa shape index (κ2) is 9.05. The van der Waals surface area contributed by atoms with Gasteiger partial charge in [-0.1, -0.05) is 17.7 Å². The van der Waals surface area contributed by atoms with Gasteiger partial charge in [0.1, 0.15) is 0 Å². The van der Waals surface area contributed by atoms with Crippen molar-refractivity contribution in [1.82, 2.24) is 9.88 Å². The van der Waals surface area contributed by atoms with E-state index in [-0.39, 0.29) is 12.3 Å². The monoisotopic (exact) mass is 408 g/mol. The molecule has 27 heavy (non-hydrogen) atoms. The Morgan fingerprint density at radius 2 is 2.07 bits per heavy atom. The first-order valence-electron chi connectivity index (χ1n) is 8.71. The van der Waals surface area contributed by atoms with Gasteiger partial charge < -0.3 is 14.5 Å². The van der Waals surface area contributed by atoms with E-state index in [1.54, 1.807) is 12.3 Å². The number of carbonyl (C=O) groups is 2. The van der Waals surface area contributed by atoms with Crippen molar-refractivity contribution in [3.8, 4) is 0 Å². The molecule has 2 amide bonds. The lowest BCUT2D eigenvalue weighted by Gasteiger charge is -2.36. The van der Waals surface area contributed by atoms with Crippen LogP contribution in [-0.4, -0.2) is 54.7 Å². The number of carbonyl (C=O) groups excluding carboxylic acids is 2. The highest BCUT2D eigenvalue weighted by atomic mass is 35.5. The van der Waals surface area contributed by atoms with Gasteiger partial charge in [0.2, 0.25) is 5.91 Å². The van der Waals surface area contributed by atoms with Crippen LogP contribution < -0.4 is 10.2 Å². The number of nitrogens with one attached hydrogen (secondary N) is 1. The lowest BCUT2D eigenvalue weighted by Crippen LogP contribution is -2.49. The minimum atomic E-state index is -0.540. The average molecular weight is 409 g/mol. The van der Waals surface area contributed by atoms with Crippen LogP contribution in [-0.2, 0) is 16.0 Å². The normalized spacial score (nSPS) is 14.1. The Bertz CT molecular complexity index is 805. The van der Waals surface area contributed by atoms with E-state index in [2.05, 4.69) is 15.2 Å². The van der Waals surface area contributed by atoms with E-state index < -0.39 is 6.09 Å². The van der Waals surface area contributed by atoms with Crippen molar-refractivity contribution < 1.29 is 14.3 Å². The average Bonchev–Trinajstić information content (AvgIpc) is 3.08. The minimum absolute atomic E-state index is 0.0359. The number of amides is 2. The quantitative estimate of drug-likeness (QED) is 0.821. The van der Waals surface area contributed by atoms with Gasteiger partial charge in [-0.15, -0.1) is 11.3 Å². The molecule has 0 unspecified atom stereocenters. The lowest BCUT2D eigenvalue weighted by molar-refractivity contribution is -0.130. The van der Waals surface area contributed by atoms with Crippen LogP contribution in [0.3, 0.4) is 0 Å². The molecule has 0 atom stereocenters. The molecule has 0 aliphatic carbocycles. The first-order chi connectivity index (χ1) is 13.0. The predicted octanol–water partition coefficient (Wildman–Crippen LogP) is 3.26. The molecule has 1 aromatic heterocycles. The fourth-order valence-electron chi connectivity index (χ4n) is 2.85. The van der Waals surface area contributed by atoms with Crippen LogP contribution in [0.25, 0.3) is 0 Å². The number of anilines is 2. The van der Waals surface area contributed by atoms with Crippen LogP contribution in [0.2, 0.25) is 5.02 Å². The van der Waals surface area contributed by atoms with Crippen molar-refractivity contribution in [2.24, 2.45) is 0 Å². The van der Waals surface area contributed by atoms with Gasteiger partial charge in [-0.2, -0.15) is 0 Å². The topological polar surface area (TPSA) is 74.8 Å². The third kappa shape index (κ3) is 5.33. The molecule has 144 valence electrons. The smallest absolute Gasteiger partial charge is 0.413 e. The molecule has 1 aliphatic heterocycles. The Balaban J connectivity index is 1.50. The van der Waals surface area contributed by atoms with Gasteiger partial charge in [0, 0.05) is 42.3 Å². The first-order valence-corrected chi connectivity index (χ1v) is 9.97.